The Hall–Kier alpha value is -4.35. The minimum Gasteiger partial charge on any atom is -0.340 e. The molecule has 2 aliphatic heterocycles. The molecule has 4 aromatic rings. The third-order valence-electron chi connectivity index (χ3n) is 7.21. The highest BCUT2D eigenvalue weighted by atomic mass is 16.2. The van der Waals surface area contributed by atoms with E-state index in [0.717, 1.165) is 59.1 Å². The van der Waals surface area contributed by atoms with Gasteiger partial charge in [0.1, 0.15) is 0 Å². The largest absolute Gasteiger partial charge is 0.340 e. The molecule has 0 saturated carbocycles. The molecule has 2 aromatic heterocycles. The van der Waals surface area contributed by atoms with E-state index in [1.165, 1.54) is 0 Å². The van der Waals surface area contributed by atoms with Gasteiger partial charge in [-0.25, -0.2) is 14.6 Å². The van der Waals surface area contributed by atoms with Crippen LogP contribution in [0, 0.1) is 6.57 Å². The second kappa shape index (κ2) is 8.70. The van der Waals surface area contributed by atoms with Gasteiger partial charge in [-0.3, -0.25) is 4.57 Å². The second-order valence-corrected chi connectivity index (χ2v) is 9.65. The van der Waals surface area contributed by atoms with Gasteiger partial charge in [0.2, 0.25) is 0 Å². The van der Waals surface area contributed by atoms with Crippen LogP contribution in [-0.2, 0) is 6.54 Å². The molecule has 4 heterocycles. The molecule has 1 N–H and O–H groups in total. The van der Waals surface area contributed by atoms with Crippen molar-refractivity contribution in [3.8, 4) is 28.3 Å². The normalized spacial score (nSPS) is 16.2. The number of anilines is 1. The maximum atomic E-state index is 12.9. The van der Waals surface area contributed by atoms with Gasteiger partial charge in [0.15, 0.2) is 11.5 Å². The molecule has 36 heavy (non-hydrogen) atoms. The number of amides is 2. The number of hydrogen-bond acceptors (Lipinski definition) is 3. The summed E-state index contributed by atoms with van der Waals surface area (Å²) in [5.41, 5.74) is 6.74. The van der Waals surface area contributed by atoms with Crippen LogP contribution in [0.2, 0.25) is 0 Å². The quantitative estimate of drug-likeness (QED) is 0.368. The van der Waals surface area contributed by atoms with Crippen LogP contribution >= 0.6 is 0 Å². The van der Waals surface area contributed by atoms with Gasteiger partial charge in [0.25, 0.3) is 0 Å². The van der Waals surface area contributed by atoms with Gasteiger partial charge < -0.3 is 19.7 Å². The number of benzene rings is 2. The summed E-state index contributed by atoms with van der Waals surface area (Å²) in [6, 6.07) is 16.2. The molecule has 8 nitrogen and oxygen atoms in total. The lowest BCUT2D eigenvalue weighted by Crippen LogP contribution is -2.36. The number of carbonyl (C=O) groups excluding carboxylic acids is 1. The van der Waals surface area contributed by atoms with Crippen molar-refractivity contribution in [2.45, 2.75) is 19.0 Å². The van der Waals surface area contributed by atoms with Crippen molar-refractivity contribution in [2.75, 3.05) is 32.5 Å². The van der Waals surface area contributed by atoms with E-state index in [1.54, 1.807) is 0 Å². The second-order valence-electron chi connectivity index (χ2n) is 9.65. The average molecular weight is 478 g/mol. The van der Waals surface area contributed by atoms with E-state index in [-0.39, 0.29) is 6.03 Å². The first-order chi connectivity index (χ1) is 17.5. The van der Waals surface area contributed by atoms with Gasteiger partial charge in [0, 0.05) is 55.5 Å². The summed E-state index contributed by atoms with van der Waals surface area (Å²) in [5, 5.41) is 3.11. The van der Waals surface area contributed by atoms with Gasteiger partial charge in [-0.2, -0.15) is 0 Å². The van der Waals surface area contributed by atoms with Crippen molar-refractivity contribution in [2.24, 2.45) is 0 Å². The maximum Gasteiger partial charge on any atom is 0.321 e. The van der Waals surface area contributed by atoms with E-state index >= 15 is 0 Å². The maximum absolute atomic E-state index is 12.9. The van der Waals surface area contributed by atoms with Crippen LogP contribution in [0.15, 0.2) is 67.1 Å². The number of nitrogens with one attached hydrogen (secondary N) is 1. The number of imidazole rings is 1. The number of nitrogens with zero attached hydrogens (tertiary/aromatic N) is 6. The summed E-state index contributed by atoms with van der Waals surface area (Å²) in [6.07, 6.45) is 6.92. The van der Waals surface area contributed by atoms with Gasteiger partial charge in [-0.05, 0) is 55.9 Å². The number of fused-ring (bicyclic) bond motifs is 5. The van der Waals surface area contributed by atoms with Crippen LogP contribution in [0.25, 0.3) is 33.2 Å². The lowest BCUT2D eigenvalue weighted by atomic mass is 10.1. The summed E-state index contributed by atoms with van der Waals surface area (Å²) in [6.45, 7) is 9.36. The first-order valence-electron chi connectivity index (χ1n) is 12.1. The van der Waals surface area contributed by atoms with Crippen molar-refractivity contribution in [3.63, 3.8) is 0 Å². The van der Waals surface area contributed by atoms with Crippen LogP contribution in [0.1, 0.15) is 12.0 Å². The average Bonchev–Trinajstić information content (AvgIpc) is 3.63. The molecule has 0 aliphatic carbocycles. The highest BCUT2D eigenvalue weighted by Crippen LogP contribution is 2.35. The third kappa shape index (κ3) is 3.84. The van der Waals surface area contributed by atoms with Gasteiger partial charge in [0.05, 0.1) is 18.0 Å². The predicted octanol–water partition coefficient (Wildman–Crippen LogP) is 5.09. The Bertz CT molecular complexity index is 1490. The molecule has 1 atom stereocenters. The minimum absolute atomic E-state index is 0.0527. The molecule has 6 rings (SSSR count). The topological polar surface area (TPSA) is 62.7 Å². The molecule has 8 heteroatoms. The lowest BCUT2D eigenvalue weighted by molar-refractivity contribution is 0.216. The molecular formula is C28H27N7O. The van der Waals surface area contributed by atoms with Crippen molar-refractivity contribution in [1.29, 1.82) is 0 Å². The Morgan fingerprint density at radius 2 is 1.97 bits per heavy atom. The van der Waals surface area contributed by atoms with Crippen LogP contribution in [0.5, 0.6) is 0 Å². The Labute approximate surface area is 210 Å². The molecule has 2 aromatic carbocycles. The summed E-state index contributed by atoms with van der Waals surface area (Å²) >= 11 is 0. The van der Waals surface area contributed by atoms with Gasteiger partial charge in [-0.1, -0.05) is 24.3 Å². The monoisotopic (exact) mass is 477 g/mol. The summed E-state index contributed by atoms with van der Waals surface area (Å²) in [7, 11) is 4.12. The lowest BCUT2D eigenvalue weighted by Gasteiger charge is -2.21. The summed E-state index contributed by atoms with van der Waals surface area (Å²) < 4.78 is 4.31. The molecule has 180 valence electrons. The Morgan fingerprint density at radius 1 is 1.14 bits per heavy atom. The minimum atomic E-state index is -0.0527. The third-order valence-corrected chi connectivity index (χ3v) is 7.21. The number of hydrogen-bond donors (Lipinski definition) is 1. The van der Waals surface area contributed by atoms with Crippen LogP contribution in [0.4, 0.5) is 16.2 Å². The van der Waals surface area contributed by atoms with Crippen LogP contribution in [-0.4, -0.2) is 63.2 Å². The van der Waals surface area contributed by atoms with E-state index in [1.807, 2.05) is 47.6 Å². The van der Waals surface area contributed by atoms with Crippen molar-refractivity contribution in [1.82, 2.24) is 23.9 Å². The number of likely N-dealkylation sites (N-methyl/N-ethyl adjacent to an activating group) is 1. The standard InChI is InChI=1S/C28H27N7O/c1-29-22-6-4-19(5-7-22)20-15-26-27-30-11-13-35(27)25-9-8-23(14-21(25)17-34(26)16-20)31-28(36)33-12-10-24(18-33)32(2)3/h4-9,11,13-16,24H,10,12,17-18H2,2-3H3,(H,31,36)/t24-/m0/s1. The predicted molar refractivity (Wildman–Crippen MR) is 140 cm³/mol. The zero-order valence-corrected chi connectivity index (χ0v) is 20.3. The van der Waals surface area contributed by atoms with E-state index < -0.39 is 0 Å². The molecule has 2 aliphatic rings. The first-order valence-corrected chi connectivity index (χ1v) is 12.1. The van der Waals surface area contributed by atoms with Crippen LogP contribution in [0.3, 0.4) is 0 Å². The van der Waals surface area contributed by atoms with Crippen molar-refractivity contribution in [3.05, 3.63) is 84.1 Å². The van der Waals surface area contributed by atoms with Gasteiger partial charge >= 0.3 is 6.03 Å². The van der Waals surface area contributed by atoms with E-state index in [2.05, 4.69) is 67.7 Å². The first kappa shape index (κ1) is 22.1. The zero-order chi connectivity index (χ0) is 24.8. The number of urea groups is 1. The highest BCUT2D eigenvalue weighted by molar-refractivity contribution is 5.90. The summed E-state index contributed by atoms with van der Waals surface area (Å²) in [4.78, 5) is 25.2. The Kier molecular flexibility index (Phi) is 5.35. The molecule has 0 bridgehead atoms. The highest BCUT2D eigenvalue weighted by Gasteiger charge is 2.28. The van der Waals surface area contributed by atoms with Gasteiger partial charge in [-0.15, -0.1) is 0 Å². The molecule has 0 radical (unpaired) electrons. The number of aromatic nitrogens is 3. The number of carbonyl (C=O) groups is 1. The molecule has 1 saturated heterocycles. The molecule has 0 unspecified atom stereocenters. The fraction of sp³-hybridized carbons (Fsp3) is 0.250. The Balaban J connectivity index is 1.31. The van der Waals surface area contributed by atoms with Crippen molar-refractivity contribution >= 4 is 17.4 Å². The zero-order valence-electron chi connectivity index (χ0n) is 20.3. The fourth-order valence-electron chi connectivity index (χ4n) is 5.16. The Morgan fingerprint density at radius 3 is 2.72 bits per heavy atom. The fourth-order valence-corrected chi connectivity index (χ4v) is 5.16. The van der Waals surface area contributed by atoms with Crippen molar-refractivity contribution < 1.29 is 4.79 Å². The summed E-state index contributed by atoms with van der Waals surface area (Å²) in [5.74, 6) is 0.876. The molecular weight excluding hydrogens is 450 g/mol. The van der Waals surface area contributed by atoms with E-state index in [4.69, 9.17) is 6.57 Å². The molecule has 2 amide bonds. The SMILES string of the molecule is [C-]#[N+]c1ccc(-c2cc3n(c2)Cc2cc(NC(=O)N4CC[C@H](N(C)C)C4)ccc2-n2ccnc2-3)cc1. The molecule has 0 spiro atoms. The molecule has 1 fully saturated rings. The van der Waals surface area contributed by atoms with E-state index in [9.17, 15) is 4.79 Å². The number of likely N-dealkylation sites (tertiary alicyclic amines) is 1. The van der Waals surface area contributed by atoms with Crippen LogP contribution < -0.4 is 5.32 Å². The smallest absolute Gasteiger partial charge is 0.321 e. The van der Waals surface area contributed by atoms with E-state index in [0.29, 0.717) is 18.3 Å². The number of rotatable bonds is 3.